The molecule has 1 aliphatic heterocycles. The molecule has 0 fully saturated rings. The average molecular weight is 263 g/mol. The lowest BCUT2D eigenvalue weighted by atomic mass is 10.1. The Morgan fingerprint density at radius 1 is 1.47 bits per heavy atom. The lowest BCUT2D eigenvalue weighted by molar-refractivity contribution is -0.151. The maximum absolute atomic E-state index is 11.9. The highest BCUT2D eigenvalue weighted by Crippen LogP contribution is 2.28. The molecule has 2 rings (SSSR count). The first-order valence-electron chi connectivity index (χ1n) is 6.83. The van der Waals surface area contributed by atoms with E-state index in [1.165, 1.54) is 0 Å². The summed E-state index contributed by atoms with van der Waals surface area (Å²) >= 11 is 0. The number of anilines is 1. The molecule has 0 saturated heterocycles. The number of nitrogens with one attached hydrogen (secondary N) is 1. The molecule has 0 radical (unpaired) electrons. The molecule has 104 valence electrons. The largest absolute Gasteiger partial charge is 0.475 e. The zero-order valence-electron chi connectivity index (χ0n) is 11.5. The van der Waals surface area contributed by atoms with Crippen molar-refractivity contribution in [1.29, 1.82) is 0 Å². The molecule has 1 N–H and O–H groups in total. The second kappa shape index (κ2) is 6.45. The van der Waals surface area contributed by atoms with Crippen LogP contribution in [-0.2, 0) is 9.53 Å². The van der Waals surface area contributed by atoms with Crippen molar-refractivity contribution >= 4 is 11.7 Å². The van der Waals surface area contributed by atoms with E-state index in [0.29, 0.717) is 24.8 Å². The third-order valence-corrected chi connectivity index (χ3v) is 3.07. The van der Waals surface area contributed by atoms with Crippen molar-refractivity contribution in [2.45, 2.75) is 32.8 Å². The van der Waals surface area contributed by atoms with E-state index in [1.807, 2.05) is 24.3 Å². The van der Waals surface area contributed by atoms with Crippen LogP contribution in [0.5, 0.6) is 5.75 Å². The number of fused-ring (bicyclic) bond motifs is 1. The first kappa shape index (κ1) is 13.7. The van der Waals surface area contributed by atoms with Gasteiger partial charge in [-0.3, -0.25) is 0 Å². The van der Waals surface area contributed by atoms with Crippen LogP contribution >= 0.6 is 0 Å². The van der Waals surface area contributed by atoms with Gasteiger partial charge in [-0.1, -0.05) is 26.0 Å². The lowest BCUT2D eigenvalue weighted by Gasteiger charge is -2.25. The Kier molecular flexibility index (Phi) is 4.66. The molecular weight excluding hydrogens is 242 g/mol. The Balaban J connectivity index is 1.79. The molecule has 0 aliphatic carbocycles. The lowest BCUT2D eigenvalue weighted by Crippen LogP contribution is -2.39. The van der Waals surface area contributed by atoms with E-state index in [0.717, 1.165) is 18.5 Å². The van der Waals surface area contributed by atoms with Crippen molar-refractivity contribution in [2.24, 2.45) is 5.92 Å². The van der Waals surface area contributed by atoms with Crippen molar-refractivity contribution in [3.63, 3.8) is 0 Å². The normalized spacial score (nSPS) is 17.3. The van der Waals surface area contributed by atoms with Gasteiger partial charge in [0, 0.05) is 0 Å². The summed E-state index contributed by atoms with van der Waals surface area (Å²) in [5, 5.41) is 3.18. The third-order valence-electron chi connectivity index (χ3n) is 3.07. The summed E-state index contributed by atoms with van der Waals surface area (Å²) in [6.07, 6.45) is 1.42. The summed E-state index contributed by atoms with van der Waals surface area (Å²) in [5.41, 5.74) is 0.923. The average Bonchev–Trinajstić information content (AvgIpc) is 2.42. The number of benzene rings is 1. The Bertz CT molecular complexity index is 431. The number of hydrogen-bond acceptors (Lipinski definition) is 4. The zero-order valence-corrected chi connectivity index (χ0v) is 11.5. The summed E-state index contributed by atoms with van der Waals surface area (Å²) in [7, 11) is 0. The van der Waals surface area contributed by atoms with Gasteiger partial charge in [-0.2, -0.15) is 0 Å². The first-order chi connectivity index (χ1) is 9.16. The number of carbonyl (C=O) groups is 1. The fourth-order valence-electron chi connectivity index (χ4n) is 2.00. The van der Waals surface area contributed by atoms with E-state index < -0.39 is 6.10 Å². The van der Waals surface area contributed by atoms with Gasteiger partial charge in [0.15, 0.2) is 0 Å². The summed E-state index contributed by atoms with van der Waals surface area (Å²) in [6, 6.07) is 7.59. The predicted octanol–water partition coefficient (Wildman–Crippen LogP) is 2.84. The second-order valence-electron chi connectivity index (χ2n) is 5.19. The van der Waals surface area contributed by atoms with Crippen molar-refractivity contribution < 1.29 is 14.3 Å². The highest BCUT2D eigenvalue weighted by molar-refractivity contribution is 5.77. The van der Waals surface area contributed by atoms with E-state index in [1.54, 1.807) is 0 Å². The van der Waals surface area contributed by atoms with Gasteiger partial charge in [0.1, 0.15) is 5.75 Å². The van der Waals surface area contributed by atoms with Crippen LogP contribution in [0.4, 0.5) is 5.69 Å². The smallest absolute Gasteiger partial charge is 0.349 e. The quantitative estimate of drug-likeness (QED) is 0.655. The number of rotatable bonds is 5. The van der Waals surface area contributed by atoms with E-state index in [4.69, 9.17) is 9.47 Å². The molecule has 0 aromatic heterocycles. The number of hydrogen-bond donors (Lipinski definition) is 1. The van der Waals surface area contributed by atoms with Gasteiger partial charge >= 0.3 is 5.97 Å². The van der Waals surface area contributed by atoms with E-state index in [2.05, 4.69) is 19.2 Å². The molecule has 1 atom stereocenters. The molecule has 0 saturated carbocycles. The highest BCUT2D eigenvalue weighted by atomic mass is 16.6. The van der Waals surface area contributed by atoms with Crippen LogP contribution in [0.25, 0.3) is 0 Å². The Morgan fingerprint density at radius 3 is 3.05 bits per heavy atom. The minimum atomic E-state index is -0.547. The van der Waals surface area contributed by atoms with Crippen LogP contribution in [0.15, 0.2) is 24.3 Å². The minimum absolute atomic E-state index is 0.286. The van der Waals surface area contributed by atoms with Crippen molar-refractivity contribution in [1.82, 2.24) is 0 Å². The topological polar surface area (TPSA) is 47.6 Å². The Hall–Kier alpha value is -1.71. The molecular formula is C15H21NO3. The molecule has 4 nitrogen and oxygen atoms in total. The molecule has 1 heterocycles. The Labute approximate surface area is 114 Å². The maximum Gasteiger partial charge on any atom is 0.349 e. The van der Waals surface area contributed by atoms with Gasteiger partial charge in [-0.05, 0) is 30.9 Å². The molecule has 0 spiro atoms. The van der Waals surface area contributed by atoms with E-state index >= 15 is 0 Å². The summed E-state index contributed by atoms with van der Waals surface area (Å²) in [4.78, 5) is 11.9. The summed E-state index contributed by atoms with van der Waals surface area (Å²) in [6.45, 7) is 5.25. The standard InChI is InChI=1S/C15H21NO3/c1-11(2)6-5-9-18-15(17)14-10-16-12-7-3-4-8-13(12)19-14/h3-4,7-8,11,14,16H,5-6,9-10H2,1-2H3. The van der Waals surface area contributed by atoms with Gasteiger partial charge in [0.25, 0.3) is 0 Å². The van der Waals surface area contributed by atoms with Crippen LogP contribution in [-0.4, -0.2) is 25.2 Å². The second-order valence-corrected chi connectivity index (χ2v) is 5.19. The molecule has 0 bridgehead atoms. The summed E-state index contributed by atoms with van der Waals surface area (Å²) in [5.74, 6) is 1.06. The highest BCUT2D eigenvalue weighted by Gasteiger charge is 2.26. The van der Waals surface area contributed by atoms with Crippen LogP contribution in [0.2, 0.25) is 0 Å². The molecule has 19 heavy (non-hydrogen) atoms. The first-order valence-corrected chi connectivity index (χ1v) is 6.83. The maximum atomic E-state index is 11.9. The number of esters is 1. The van der Waals surface area contributed by atoms with Gasteiger partial charge < -0.3 is 14.8 Å². The fraction of sp³-hybridized carbons (Fsp3) is 0.533. The van der Waals surface area contributed by atoms with Crippen molar-refractivity contribution in [2.75, 3.05) is 18.5 Å². The van der Waals surface area contributed by atoms with Crippen LogP contribution < -0.4 is 10.1 Å². The molecule has 1 unspecified atom stereocenters. The Morgan fingerprint density at radius 2 is 2.26 bits per heavy atom. The molecule has 1 aromatic carbocycles. The van der Waals surface area contributed by atoms with Gasteiger partial charge in [-0.15, -0.1) is 0 Å². The van der Waals surface area contributed by atoms with Crippen LogP contribution in [0.3, 0.4) is 0 Å². The van der Waals surface area contributed by atoms with Crippen LogP contribution in [0, 0.1) is 5.92 Å². The number of ether oxygens (including phenoxy) is 2. The molecule has 1 aromatic rings. The van der Waals surface area contributed by atoms with Gasteiger partial charge in [0.05, 0.1) is 18.8 Å². The molecule has 1 aliphatic rings. The van der Waals surface area contributed by atoms with Crippen LogP contribution in [0.1, 0.15) is 26.7 Å². The summed E-state index contributed by atoms with van der Waals surface area (Å²) < 4.78 is 10.9. The fourth-order valence-corrected chi connectivity index (χ4v) is 2.00. The van der Waals surface area contributed by atoms with Gasteiger partial charge in [-0.25, -0.2) is 4.79 Å². The van der Waals surface area contributed by atoms with Crippen molar-refractivity contribution in [3.05, 3.63) is 24.3 Å². The minimum Gasteiger partial charge on any atom is -0.475 e. The predicted molar refractivity (Wildman–Crippen MR) is 74.4 cm³/mol. The SMILES string of the molecule is CC(C)CCCOC(=O)C1CNc2ccccc2O1. The number of para-hydroxylation sites is 2. The number of carbonyl (C=O) groups excluding carboxylic acids is 1. The molecule has 0 amide bonds. The monoisotopic (exact) mass is 263 g/mol. The van der Waals surface area contributed by atoms with Crippen molar-refractivity contribution in [3.8, 4) is 5.75 Å². The third kappa shape index (κ3) is 3.88. The zero-order chi connectivity index (χ0) is 13.7. The van der Waals surface area contributed by atoms with E-state index in [9.17, 15) is 4.79 Å². The molecule has 4 heteroatoms. The van der Waals surface area contributed by atoms with E-state index in [-0.39, 0.29) is 5.97 Å². The van der Waals surface area contributed by atoms with Gasteiger partial charge in [0.2, 0.25) is 6.10 Å².